The molecule has 28 heavy (non-hydrogen) atoms. The first-order valence-electron chi connectivity index (χ1n) is 10.0. The van der Waals surface area contributed by atoms with Crippen molar-refractivity contribution < 1.29 is 14.6 Å². The minimum Gasteiger partial charge on any atom is -0.497 e. The normalized spacial score (nSPS) is 23.4. The number of carbonyl (C=O) groups excluding carboxylic acids is 1. The van der Waals surface area contributed by atoms with Gasteiger partial charge in [0.05, 0.1) is 25.8 Å². The maximum atomic E-state index is 12.6. The minimum absolute atomic E-state index is 0.0290. The fourth-order valence-corrected chi connectivity index (χ4v) is 4.92. The summed E-state index contributed by atoms with van der Waals surface area (Å²) in [7, 11) is 3.72. The van der Waals surface area contributed by atoms with Gasteiger partial charge in [-0.25, -0.2) is 0 Å². The molecular formula is C23H28N2O3. The summed E-state index contributed by atoms with van der Waals surface area (Å²) in [5, 5.41) is 10.0. The fourth-order valence-electron chi connectivity index (χ4n) is 4.92. The van der Waals surface area contributed by atoms with E-state index in [1.165, 1.54) is 5.56 Å². The van der Waals surface area contributed by atoms with Crippen LogP contribution in [0.3, 0.4) is 0 Å². The lowest BCUT2D eigenvalue weighted by Gasteiger charge is -2.44. The van der Waals surface area contributed by atoms with Gasteiger partial charge in [0.2, 0.25) is 5.91 Å². The highest BCUT2D eigenvalue weighted by molar-refractivity contribution is 5.79. The molecule has 4 rings (SSSR count). The van der Waals surface area contributed by atoms with Crippen molar-refractivity contribution in [3.63, 3.8) is 0 Å². The number of amides is 1. The van der Waals surface area contributed by atoms with Gasteiger partial charge in [0.25, 0.3) is 0 Å². The summed E-state index contributed by atoms with van der Waals surface area (Å²) in [5.74, 6) is 1.26. The van der Waals surface area contributed by atoms with Crippen molar-refractivity contribution >= 4 is 11.6 Å². The smallest absolute Gasteiger partial charge is 0.222 e. The number of aliphatic hydroxyl groups excluding tert-OH is 1. The summed E-state index contributed by atoms with van der Waals surface area (Å²) in [5.41, 5.74) is 4.49. The Morgan fingerprint density at radius 1 is 1.21 bits per heavy atom. The standard InChI is InChI=1S/C23H28N2O3/c1-4-22(27)25-11-10-18-21(14-26)24(2)20-9-8-16(13-19(20)23(18)25)15-6-5-7-17(12-15)28-3/h5-9,12-13,18,21,23,26H,4,10-11,14H2,1-3H3/t18-,21+,23-/m1/s1. The van der Waals surface area contributed by atoms with Gasteiger partial charge < -0.3 is 19.6 Å². The largest absolute Gasteiger partial charge is 0.497 e. The lowest BCUT2D eigenvalue weighted by Crippen LogP contribution is -2.48. The van der Waals surface area contributed by atoms with Crippen LogP contribution in [0.25, 0.3) is 11.1 Å². The number of benzene rings is 2. The van der Waals surface area contributed by atoms with Crippen LogP contribution in [-0.2, 0) is 4.79 Å². The predicted octanol–water partition coefficient (Wildman–Crippen LogP) is 3.47. The van der Waals surface area contributed by atoms with E-state index in [-0.39, 0.29) is 30.5 Å². The van der Waals surface area contributed by atoms with Gasteiger partial charge in [-0.2, -0.15) is 0 Å². The second kappa shape index (κ2) is 7.47. The summed E-state index contributed by atoms with van der Waals surface area (Å²) < 4.78 is 5.38. The number of nitrogens with zero attached hydrogens (tertiary/aromatic N) is 2. The summed E-state index contributed by atoms with van der Waals surface area (Å²) in [6, 6.07) is 14.6. The first kappa shape index (κ1) is 18.8. The van der Waals surface area contributed by atoms with E-state index in [1.54, 1.807) is 7.11 Å². The zero-order chi connectivity index (χ0) is 19.8. The summed E-state index contributed by atoms with van der Waals surface area (Å²) in [6.07, 6.45) is 1.43. The van der Waals surface area contributed by atoms with Gasteiger partial charge in [-0.3, -0.25) is 4.79 Å². The molecule has 1 amide bonds. The molecule has 2 aliphatic heterocycles. The highest BCUT2D eigenvalue weighted by Gasteiger charge is 2.47. The van der Waals surface area contributed by atoms with E-state index in [2.05, 4.69) is 29.2 Å². The topological polar surface area (TPSA) is 53.0 Å². The molecule has 5 heteroatoms. The monoisotopic (exact) mass is 380 g/mol. The molecule has 2 heterocycles. The highest BCUT2D eigenvalue weighted by Crippen LogP contribution is 2.49. The Kier molecular flexibility index (Phi) is 5.02. The minimum atomic E-state index is 0.0290. The average molecular weight is 380 g/mol. The van der Waals surface area contributed by atoms with E-state index in [0.29, 0.717) is 6.42 Å². The van der Waals surface area contributed by atoms with E-state index in [9.17, 15) is 9.90 Å². The zero-order valence-corrected chi connectivity index (χ0v) is 16.8. The molecule has 0 spiro atoms. The molecule has 148 valence electrons. The van der Waals surface area contributed by atoms with Crippen molar-refractivity contribution in [3.8, 4) is 16.9 Å². The molecule has 0 saturated carbocycles. The summed E-state index contributed by atoms with van der Waals surface area (Å²) in [6.45, 7) is 2.78. The number of anilines is 1. The fraction of sp³-hybridized carbons (Fsp3) is 0.435. The molecule has 0 unspecified atom stereocenters. The van der Waals surface area contributed by atoms with Crippen molar-refractivity contribution in [3.05, 3.63) is 48.0 Å². The SMILES string of the molecule is CCC(=O)N1CC[C@H]2[C@@H]1c1cc(-c3cccc(OC)c3)ccc1N(C)[C@H]2CO. The lowest BCUT2D eigenvalue weighted by molar-refractivity contribution is -0.132. The van der Waals surface area contributed by atoms with Crippen molar-refractivity contribution in [2.24, 2.45) is 5.92 Å². The molecule has 3 atom stereocenters. The van der Waals surface area contributed by atoms with Gasteiger partial charge in [0.1, 0.15) is 5.75 Å². The van der Waals surface area contributed by atoms with E-state index in [4.69, 9.17) is 4.74 Å². The number of hydrogen-bond donors (Lipinski definition) is 1. The molecule has 2 aromatic carbocycles. The molecule has 0 aromatic heterocycles. The van der Waals surface area contributed by atoms with Crippen molar-refractivity contribution in [2.75, 3.05) is 32.2 Å². The third-order valence-corrected chi connectivity index (χ3v) is 6.38. The third kappa shape index (κ3) is 2.94. The molecule has 2 aromatic rings. The Morgan fingerprint density at radius 2 is 2.00 bits per heavy atom. The molecule has 0 radical (unpaired) electrons. The Labute approximate surface area is 166 Å². The second-order valence-electron chi connectivity index (χ2n) is 7.70. The average Bonchev–Trinajstić information content (AvgIpc) is 3.18. The van der Waals surface area contributed by atoms with Crippen LogP contribution in [0.15, 0.2) is 42.5 Å². The summed E-state index contributed by atoms with van der Waals surface area (Å²) in [4.78, 5) is 16.8. The lowest BCUT2D eigenvalue weighted by atomic mass is 9.81. The van der Waals surface area contributed by atoms with Gasteiger partial charge in [0.15, 0.2) is 0 Å². The second-order valence-corrected chi connectivity index (χ2v) is 7.70. The first-order chi connectivity index (χ1) is 13.6. The molecule has 5 nitrogen and oxygen atoms in total. The molecule has 1 fully saturated rings. The Hall–Kier alpha value is -2.53. The molecule has 1 N–H and O–H groups in total. The summed E-state index contributed by atoms with van der Waals surface area (Å²) >= 11 is 0. The van der Waals surface area contributed by atoms with Crippen molar-refractivity contribution in [1.29, 1.82) is 0 Å². The molecule has 0 aliphatic carbocycles. The van der Waals surface area contributed by atoms with Crippen LogP contribution >= 0.6 is 0 Å². The zero-order valence-electron chi connectivity index (χ0n) is 16.8. The number of likely N-dealkylation sites (N-methyl/N-ethyl adjacent to an activating group) is 1. The number of hydrogen-bond acceptors (Lipinski definition) is 4. The maximum Gasteiger partial charge on any atom is 0.222 e. The van der Waals surface area contributed by atoms with E-state index >= 15 is 0 Å². The number of fused-ring (bicyclic) bond motifs is 3. The number of ether oxygens (including phenoxy) is 1. The van der Waals surface area contributed by atoms with Gasteiger partial charge in [-0.05, 0) is 47.4 Å². The van der Waals surface area contributed by atoms with Gasteiger partial charge in [-0.15, -0.1) is 0 Å². The number of likely N-dealkylation sites (tertiary alicyclic amines) is 1. The number of carbonyl (C=O) groups is 1. The quantitative estimate of drug-likeness (QED) is 0.882. The van der Waals surface area contributed by atoms with Crippen LogP contribution in [0.5, 0.6) is 5.75 Å². The van der Waals surface area contributed by atoms with Crippen LogP contribution in [-0.4, -0.2) is 49.3 Å². The van der Waals surface area contributed by atoms with Crippen LogP contribution in [0.4, 0.5) is 5.69 Å². The predicted molar refractivity (Wildman–Crippen MR) is 111 cm³/mol. The van der Waals surface area contributed by atoms with Crippen LogP contribution in [0, 0.1) is 5.92 Å². The van der Waals surface area contributed by atoms with E-state index in [1.807, 2.05) is 37.1 Å². The van der Waals surface area contributed by atoms with Crippen molar-refractivity contribution in [2.45, 2.75) is 31.8 Å². The van der Waals surface area contributed by atoms with Crippen LogP contribution in [0.2, 0.25) is 0 Å². The molecular weight excluding hydrogens is 352 g/mol. The van der Waals surface area contributed by atoms with Crippen LogP contribution < -0.4 is 9.64 Å². The molecule has 0 bridgehead atoms. The van der Waals surface area contributed by atoms with Gasteiger partial charge >= 0.3 is 0 Å². The van der Waals surface area contributed by atoms with E-state index in [0.717, 1.165) is 35.5 Å². The van der Waals surface area contributed by atoms with Gasteiger partial charge in [-0.1, -0.05) is 25.1 Å². The molecule has 1 saturated heterocycles. The van der Waals surface area contributed by atoms with Crippen molar-refractivity contribution in [1.82, 2.24) is 4.90 Å². The van der Waals surface area contributed by atoms with Gasteiger partial charge in [0, 0.05) is 31.6 Å². The third-order valence-electron chi connectivity index (χ3n) is 6.38. The Bertz CT molecular complexity index is 882. The molecule has 2 aliphatic rings. The first-order valence-corrected chi connectivity index (χ1v) is 10.0. The highest BCUT2D eigenvalue weighted by atomic mass is 16.5. The number of aliphatic hydroxyl groups is 1. The number of methoxy groups -OCH3 is 1. The Balaban J connectivity index is 1.82. The van der Waals surface area contributed by atoms with E-state index < -0.39 is 0 Å². The maximum absolute atomic E-state index is 12.6. The van der Waals surface area contributed by atoms with Crippen LogP contribution in [0.1, 0.15) is 31.4 Å². The number of rotatable bonds is 4. The Morgan fingerprint density at radius 3 is 2.71 bits per heavy atom.